The predicted molar refractivity (Wildman–Crippen MR) is 47.9 cm³/mol. The zero-order valence-corrected chi connectivity index (χ0v) is 7.11. The number of rotatable bonds is 0. The van der Waals surface area contributed by atoms with Crippen LogP contribution in [0.2, 0.25) is 0 Å². The molecule has 8 N–H and O–H groups in total. The van der Waals surface area contributed by atoms with E-state index in [0.717, 1.165) is 0 Å². The van der Waals surface area contributed by atoms with Crippen molar-refractivity contribution in [2.45, 2.75) is 0 Å². The first-order valence-electron chi connectivity index (χ1n) is 2.62. The SMILES string of the molecule is NC(=S)N=C(N)N.O=C(O)C(=O)O. The smallest absolute Gasteiger partial charge is 0.414 e. The lowest BCUT2D eigenvalue weighted by atomic mass is 10.7. The number of carboxylic acid groups (broad SMARTS) is 2. The molecule has 0 saturated heterocycles. The number of carboxylic acids is 2. The first-order valence-corrected chi connectivity index (χ1v) is 3.03. The van der Waals surface area contributed by atoms with Gasteiger partial charge in [-0.05, 0) is 12.2 Å². The van der Waals surface area contributed by atoms with Crippen LogP contribution in [0.1, 0.15) is 0 Å². The highest BCUT2D eigenvalue weighted by atomic mass is 32.1. The van der Waals surface area contributed by atoms with E-state index in [1.54, 1.807) is 0 Å². The molecule has 0 heterocycles. The van der Waals surface area contributed by atoms with Gasteiger partial charge in [0, 0.05) is 0 Å². The van der Waals surface area contributed by atoms with Crippen LogP contribution in [0.15, 0.2) is 4.99 Å². The van der Waals surface area contributed by atoms with Gasteiger partial charge in [0.1, 0.15) is 0 Å². The summed E-state index contributed by atoms with van der Waals surface area (Å²) >= 11 is 4.30. The van der Waals surface area contributed by atoms with Gasteiger partial charge in [-0.2, -0.15) is 4.99 Å². The Balaban J connectivity index is 0. The first-order chi connectivity index (χ1) is 5.77. The lowest BCUT2D eigenvalue weighted by Crippen LogP contribution is -2.25. The summed E-state index contributed by atoms with van der Waals surface area (Å²) in [4.78, 5) is 21.5. The maximum Gasteiger partial charge on any atom is 0.414 e. The molecular formula is C4H8N4O4S. The van der Waals surface area contributed by atoms with Crippen molar-refractivity contribution in [3.8, 4) is 0 Å². The Labute approximate surface area is 78.0 Å². The number of aliphatic carboxylic acids is 2. The summed E-state index contributed by atoms with van der Waals surface area (Å²) in [5, 5.41) is 14.7. The van der Waals surface area contributed by atoms with Crippen LogP contribution in [0.3, 0.4) is 0 Å². The normalized spacial score (nSPS) is 7.38. The molecule has 0 fully saturated rings. The molecule has 74 valence electrons. The van der Waals surface area contributed by atoms with Crippen molar-refractivity contribution in [3.63, 3.8) is 0 Å². The fourth-order valence-corrected chi connectivity index (χ4v) is 0.233. The first kappa shape index (κ1) is 13.7. The van der Waals surface area contributed by atoms with Crippen LogP contribution in [0.5, 0.6) is 0 Å². The Morgan fingerprint density at radius 1 is 1.08 bits per heavy atom. The molecule has 8 nitrogen and oxygen atoms in total. The second kappa shape index (κ2) is 6.79. The second-order valence-corrected chi connectivity index (χ2v) is 1.90. The summed E-state index contributed by atoms with van der Waals surface area (Å²) in [6.45, 7) is 0. The van der Waals surface area contributed by atoms with E-state index < -0.39 is 11.9 Å². The Morgan fingerprint density at radius 2 is 1.38 bits per heavy atom. The van der Waals surface area contributed by atoms with E-state index in [-0.39, 0.29) is 11.1 Å². The van der Waals surface area contributed by atoms with E-state index in [4.69, 9.17) is 37.0 Å². The molecule has 0 aliphatic carbocycles. The van der Waals surface area contributed by atoms with Gasteiger partial charge in [0.2, 0.25) is 0 Å². The van der Waals surface area contributed by atoms with Gasteiger partial charge >= 0.3 is 11.9 Å². The summed E-state index contributed by atoms with van der Waals surface area (Å²) in [5.74, 6) is -3.75. The molecule has 0 atom stereocenters. The molecule has 0 rings (SSSR count). The van der Waals surface area contributed by atoms with Gasteiger partial charge in [-0.25, -0.2) is 9.59 Å². The van der Waals surface area contributed by atoms with Crippen molar-refractivity contribution in [1.82, 2.24) is 0 Å². The topological polar surface area (TPSA) is 165 Å². The molecule has 0 radical (unpaired) electrons. The van der Waals surface area contributed by atoms with Crippen molar-refractivity contribution in [2.75, 3.05) is 0 Å². The van der Waals surface area contributed by atoms with Crippen molar-refractivity contribution in [2.24, 2.45) is 22.2 Å². The Morgan fingerprint density at radius 3 is 1.38 bits per heavy atom. The molecule has 9 heteroatoms. The summed E-state index contributed by atoms with van der Waals surface area (Å²) in [6.07, 6.45) is 0. The summed E-state index contributed by atoms with van der Waals surface area (Å²) in [5.41, 5.74) is 14.6. The third-order valence-electron chi connectivity index (χ3n) is 0.422. The Kier molecular flexibility index (Phi) is 7.14. The largest absolute Gasteiger partial charge is 0.473 e. The Bertz CT molecular complexity index is 235. The minimum absolute atomic E-state index is 0.0417. The molecule has 0 aliphatic heterocycles. The number of thiocarbonyl (C=S) groups is 1. The van der Waals surface area contributed by atoms with E-state index in [1.165, 1.54) is 0 Å². The molecule has 0 bridgehead atoms. The second-order valence-electron chi connectivity index (χ2n) is 1.49. The standard InChI is InChI=1S/C2H6N4S.C2H2O4/c3-1(4)6-2(5)7;3-1(4)2(5)6/h(H6,3,4,5,6,7);(H,3,4)(H,5,6). The third-order valence-corrected chi connectivity index (χ3v) is 0.514. The van der Waals surface area contributed by atoms with E-state index in [2.05, 4.69) is 17.2 Å². The monoisotopic (exact) mass is 208 g/mol. The predicted octanol–water partition coefficient (Wildman–Crippen LogP) is -2.34. The number of nitrogens with two attached hydrogens (primary N) is 3. The number of aliphatic imine (C=N–C) groups is 1. The van der Waals surface area contributed by atoms with Crippen LogP contribution in [-0.2, 0) is 9.59 Å². The lowest BCUT2D eigenvalue weighted by molar-refractivity contribution is -0.159. The van der Waals surface area contributed by atoms with Crippen LogP contribution < -0.4 is 17.2 Å². The zero-order valence-electron chi connectivity index (χ0n) is 6.30. The van der Waals surface area contributed by atoms with Crippen LogP contribution in [0.25, 0.3) is 0 Å². The van der Waals surface area contributed by atoms with Gasteiger partial charge in [-0.15, -0.1) is 0 Å². The zero-order chi connectivity index (χ0) is 11.0. The molecule has 0 saturated carbocycles. The van der Waals surface area contributed by atoms with Gasteiger partial charge < -0.3 is 27.4 Å². The number of hydrogen-bond donors (Lipinski definition) is 5. The van der Waals surface area contributed by atoms with Crippen LogP contribution >= 0.6 is 12.2 Å². The van der Waals surface area contributed by atoms with Gasteiger partial charge in [-0.1, -0.05) is 0 Å². The summed E-state index contributed by atoms with van der Waals surface area (Å²) < 4.78 is 0. The summed E-state index contributed by atoms with van der Waals surface area (Å²) in [7, 11) is 0. The minimum atomic E-state index is -1.82. The van der Waals surface area contributed by atoms with Crippen molar-refractivity contribution in [1.29, 1.82) is 0 Å². The molecule has 0 aromatic rings. The quantitative estimate of drug-likeness (QED) is 0.128. The van der Waals surface area contributed by atoms with Gasteiger partial charge in [0.15, 0.2) is 11.1 Å². The average Bonchev–Trinajstić information content (AvgIpc) is 1.84. The molecule has 0 aromatic carbocycles. The van der Waals surface area contributed by atoms with Crippen LogP contribution in [-0.4, -0.2) is 33.2 Å². The number of hydrogen-bond acceptors (Lipinski definition) is 3. The van der Waals surface area contributed by atoms with E-state index >= 15 is 0 Å². The fraction of sp³-hybridized carbons (Fsp3) is 0. The van der Waals surface area contributed by atoms with Gasteiger partial charge in [0.25, 0.3) is 0 Å². The molecule has 0 amide bonds. The molecule has 13 heavy (non-hydrogen) atoms. The third kappa shape index (κ3) is 17.8. The number of nitrogens with zero attached hydrogens (tertiary/aromatic N) is 1. The number of guanidine groups is 1. The highest BCUT2D eigenvalue weighted by Gasteiger charge is 2.04. The molecule has 0 unspecified atom stereocenters. The number of carbonyl (C=O) groups is 2. The van der Waals surface area contributed by atoms with Crippen molar-refractivity contribution < 1.29 is 19.8 Å². The average molecular weight is 208 g/mol. The lowest BCUT2D eigenvalue weighted by Gasteiger charge is -1.84. The maximum absolute atomic E-state index is 9.10. The van der Waals surface area contributed by atoms with Crippen LogP contribution in [0, 0.1) is 0 Å². The highest BCUT2D eigenvalue weighted by Crippen LogP contribution is 1.62. The van der Waals surface area contributed by atoms with Gasteiger partial charge in [0.05, 0.1) is 0 Å². The Hall–Kier alpha value is -1.90. The van der Waals surface area contributed by atoms with Gasteiger partial charge in [-0.3, -0.25) is 0 Å². The minimum Gasteiger partial charge on any atom is -0.473 e. The van der Waals surface area contributed by atoms with E-state index in [9.17, 15) is 0 Å². The van der Waals surface area contributed by atoms with Crippen molar-refractivity contribution >= 4 is 35.2 Å². The molecular weight excluding hydrogens is 200 g/mol. The fourth-order valence-electron chi connectivity index (χ4n) is 0.127. The van der Waals surface area contributed by atoms with E-state index in [0.29, 0.717) is 0 Å². The van der Waals surface area contributed by atoms with E-state index in [1.807, 2.05) is 0 Å². The molecule has 0 aromatic heterocycles. The maximum atomic E-state index is 9.10. The highest BCUT2D eigenvalue weighted by molar-refractivity contribution is 7.80. The molecule has 0 spiro atoms. The molecule has 0 aliphatic rings. The van der Waals surface area contributed by atoms with Crippen molar-refractivity contribution in [3.05, 3.63) is 0 Å². The van der Waals surface area contributed by atoms with Crippen LogP contribution in [0.4, 0.5) is 0 Å². The summed E-state index contributed by atoms with van der Waals surface area (Å²) in [6, 6.07) is 0.